The molecule has 1 aromatic carbocycles. The topological polar surface area (TPSA) is 58.0 Å². The van der Waals surface area contributed by atoms with Gasteiger partial charge in [0.25, 0.3) is 0 Å². The third kappa shape index (κ3) is 2.55. The van der Waals surface area contributed by atoms with Crippen LogP contribution < -0.4 is 5.32 Å². The van der Waals surface area contributed by atoms with E-state index in [1.54, 1.807) is 12.3 Å². The molecule has 4 nitrogen and oxygen atoms in total. The average Bonchev–Trinajstić information content (AvgIpc) is 2.38. The number of aliphatic hydroxyl groups excluding tert-OH is 1. The van der Waals surface area contributed by atoms with Crippen molar-refractivity contribution in [3.8, 4) is 0 Å². The van der Waals surface area contributed by atoms with Crippen molar-refractivity contribution in [2.75, 3.05) is 11.9 Å². The zero-order valence-corrected chi connectivity index (χ0v) is 8.74. The largest absolute Gasteiger partial charge is 0.394 e. The molecular formula is C12H13N3O. The Hall–Kier alpha value is -1.94. The van der Waals surface area contributed by atoms with E-state index in [9.17, 15) is 5.11 Å². The molecule has 2 N–H and O–H groups in total. The lowest BCUT2D eigenvalue weighted by atomic mass is 10.1. The minimum atomic E-state index is -0.143. The second-order valence-corrected chi connectivity index (χ2v) is 3.38. The van der Waals surface area contributed by atoms with Gasteiger partial charge in [-0.05, 0) is 11.6 Å². The first-order valence-electron chi connectivity index (χ1n) is 5.08. The molecule has 0 spiro atoms. The SMILES string of the molecule is OCC(Nc1ccncn1)c1ccccc1. The smallest absolute Gasteiger partial charge is 0.129 e. The van der Waals surface area contributed by atoms with Crippen LogP contribution in [0.4, 0.5) is 5.82 Å². The van der Waals surface area contributed by atoms with Gasteiger partial charge in [-0.1, -0.05) is 30.3 Å². The molecule has 0 bridgehead atoms. The summed E-state index contributed by atoms with van der Waals surface area (Å²) in [5, 5.41) is 12.5. The maximum absolute atomic E-state index is 9.33. The molecular weight excluding hydrogens is 202 g/mol. The highest BCUT2D eigenvalue weighted by molar-refractivity contribution is 5.36. The van der Waals surface area contributed by atoms with E-state index in [0.717, 1.165) is 5.56 Å². The molecule has 0 saturated heterocycles. The molecule has 2 aromatic rings. The van der Waals surface area contributed by atoms with Crippen LogP contribution in [0.3, 0.4) is 0 Å². The van der Waals surface area contributed by atoms with E-state index in [0.29, 0.717) is 5.82 Å². The summed E-state index contributed by atoms with van der Waals surface area (Å²) >= 11 is 0. The standard InChI is InChI=1S/C12H13N3O/c16-8-11(10-4-2-1-3-5-10)15-12-6-7-13-9-14-12/h1-7,9,11,16H,8H2,(H,13,14,15). The third-order valence-corrected chi connectivity index (χ3v) is 2.29. The van der Waals surface area contributed by atoms with Crippen molar-refractivity contribution in [2.45, 2.75) is 6.04 Å². The van der Waals surface area contributed by atoms with Crippen LogP contribution in [0.5, 0.6) is 0 Å². The molecule has 1 atom stereocenters. The van der Waals surface area contributed by atoms with Gasteiger partial charge in [-0.15, -0.1) is 0 Å². The summed E-state index contributed by atoms with van der Waals surface area (Å²) in [4.78, 5) is 7.90. The van der Waals surface area contributed by atoms with E-state index < -0.39 is 0 Å². The summed E-state index contributed by atoms with van der Waals surface area (Å²) in [5.41, 5.74) is 1.03. The van der Waals surface area contributed by atoms with Gasteiger partial charge in [0.15, 0.2) is 0 Å². The first kappa shape index (κ1) is 10.6. The molecule has 0 amide bonds. The minimum absolute atomic E-state index is 0.0218. The molecule has 82 valence electrons. The minimum Gasteiger partial charge on any atom is -0.394 e. The lowest BCUT2D eigenvalue weighted by Gasteiger charge is -2.16. The van der Waals surface area contributed by atoms with Crippen molar-refractivity contribution >= 4 is 5.82 Å². The number of rotatable bonds is 4. The quantitative estimate of drug-likeness (QED) is 0.813. The summed E-state index contributed by atoms with van der Waals surface area (Å²) in [6.45, 7) is 0.0218. The number of hydrogen-bond acceptors (Lipinski definition) is 4. The first-order valence-corrected chi connectivity index (χ1v) is 5.08. The van der Waals surface area contributed by atoms with Gasteiger partial charge in [-0.2, -0.15) is 0 Å². The lowest BCUT2D eigenvalue weighted by molar-refractivity contribution is 0.276. The molecule has 0 aliphatic carbocycles. The predicted molar refractivity (Wildman–Crippen MR) is 61.9 cm³/mol. The summed E-state index contributed by atoms with van der Waals surface area (Å²) in [6, 6.07) is 11.4. The Labute approximate surface area is 94.0 Å². The third-order valence-electron chi connectivity index (χ3n) is 2.29. The van der Waals surface area contributed by atoms with Crippen LogP contribution in [0.1, 0.15) is 11.6 Å². The summed E-state index contributed by atoms with van der Waals surface area (Å²) in [5.74, 6) is 0.706. The average molecular weight is 215 g/mol. The molecule has 0 radical (unpaired) electrons. The van der Waals surface area contributed by atoms with Crippen molar-refractivity contribution in [1.29, 1.82) is 0 Å². The predicted octanol–water partition coefficient (Wildman–Crippen LogP) is 1.62. The maximum Gasteiger partial charge on any atom is 0.129 e. The second-order valence-electron chi connectivity index (χ2n) is 3.38. The summed E-state index contributed by atoms with van der Waals surface area (Å²) in [7, 11) is 0. The molecule has 16 heavy (non-hydrogen) atoms. The number of nitrogens with zero attached hydrogens (tertiary/aromatic N) is 2. The van der Waals surface area contributed by atoms with Gasteiger partial charge in [0.1, 0.15) is 12.1 Å². The number of nitrogens with one attached hydrogen (secondary N) is 1. The Kier molecular flexibility index (Phi) is 3.46. The van der Waals surface area contributed by atoms with E-state index in [1.165, 1.54) is 6.33 Å². The Morgan fingerprint density at radius 1 is 1.19 bits per heavy atom. The van der Waals surface area contributed by atoms with Gasteiger partial charge in [-0.25, -0.2) is 9.97 Å². The number of aromatic nitrogens is 2. The lowest BCUT2D eigenvalue weighted by Crippen LogP contribution is -2.15. The van der Waals surface area contributed by atoms with Crippen LogP contribution in [-0.4, -0.2) is 21.7 Å². The second kappa shape index (κ2) is 5.23. The van der Waals surface area contributed by atoms with Gasteiger partial charge in [0.05, 0.1) is 12.6 Å². The van der Waals surface area contributed by atoms with Crippen molar-refractivity contribution in [3.63, 3.8) is 0 Å². The van der Waals surface area contributed by atoms with Crippen molar-refractivity contribution < 1.29 is 5.11 Å². The number of hydrogen-bond donors (Lipinski definition) is 2. The fraction of sp³-hybridized carbons (Fsp3) is 0.167. The van der Waals surface area contributed by atoms with Gasteiger partial charge in [0.2, 0.25) is 0 Å². The van der Waals surface area contributed by atoms with E-state index in [4.69, 9.17) is 0 Å². The molecule has 0 aliphatic heterocycles. The van der Waals surface area contributed by atoms with E-state index >= 15 is 0 Å². The maximum atomic E-state index is 9.33. The Morgan fingerprint density at radius 2 is 2.00 bits per heavy atom. The molecule has 1 unspecified atom stereocenters. The van der Waals surface area contributed by atoms with Crippen LogP contribution >= 0.6 is 0 Å². The highest BCUT2D eigenvalue weighted by Crippen LogP contribution is 2.16. The van der Waals surface area contributed by atoms with E-state index in [1.807, 2.05) is 30.3 Å². The zero-order chi connectivity index (χ0) is 11.2. The van der Waals surface area contributed by atoms with Gasteiger partial charge in [-0.3, -0.25) is 0 Å². The zero-order valence-electron chi connectivity index (χ0n) is 8.74. The summed E-state index contributed by atoms with van der Waals surface area (Å²) < 4.78 is 0. The fourth-order valence-corrected chi connectivity index (χ4v) is 1.47. The van der Waals surface area contributed by atoms with Crippen LogP contribution in [-0.2, 0) is 0 Å². The Bertz CT molecular complexity index is 419. The Morgan fingerprint density at radius 3 is 2.62 bits per heavy atom. The summed E-state index contributed by atoms with van der Waals surface area (Å²) in [6.07, 6.45) is 3.14. The molecule has 0 aliphatic rings. The van der Waals surface area contributed by atoms with Gasteiger partial charge >= 0.3 is 0 Å². The van der Waals surface area contributed by atoms with Crippen LogP contribution in [0, 0.1) is 0 Å². The van der Waals surface area contributed by atoms with Gasteiger partial charge < -0.3 is 10.4 Å². The van der Waals surface area contributed by atoms with E-state index in [2.05, 4.69) is 15.3 Å². The van der Waals surface area contributed by atoms with Crippen molar-refractivity contribution in [1.82, 2.24) is 9.97 Å². The highest BCUT2D eigenvalue weighted by Gasteiger charge is 2.09. The van der Waals surface area contributed by atoms with Crippen LogP contribution in [0.25, 0.3) is 0 Å². The Balaban J connectivity index is 2.13. The van der Waals surface area contributed by atoms with Crippen molar-refractivity contribution in [2.24, 2.45) is 0 Å². The number of anilines is 1. The monoisotopic (exact) mass is 215 g/mol. The molecule has 4 heteroatoms. The van der Waals surface area contributed by atoms with Crippen molar-refractivity contribution in [3.05, 3.63) is 54.5 Å². The number of aliphatic hydroxyl groups is 1. The molecule has 1 aromatic heterocycles. The van der Waals surface area contributed by atoms with Crippen LogP contribution in [0.2, 0.25) is 0 Å². The fourth-order valence-electron chi connectivity index (χ4n) is 1.47. The van der Waals surface area contributed by atoms with E-state index in [-0.39, 0.29) is 12.6 Å². The highest BCUT2D eigenvalue weighted by atomic mass is 16.3. The molecule has 0 saturated carbocycles. The normalized spacial score (nSPS) is 12.1. The van der Waals surface area contributed by atoms with Crippen LogP contribution in [0.15, 0.2) is 48.9 Å². The first-order chi connectivity index (χ1) is 7.90. The molecule has 1 heterocycles. The molecule has 2 rings (SSSR count). The van der Waals surface area contributed by atoms with Gasteiger partial charge in [0, 0.05) is 6.20 Å². The molecule has 0 fully saturated rings. The number of benzene rings is 1.